The van der Waals surface area contributed by atoms with Gasteiger partial charge in [0.15, 0.2) is 0 Å². The van der Waals surface area contributed by atoms with E-state index in [0.29, 0.717) is 23.2 Å². The fourth-order valence-electron chi connectivity index (χ4n) is 4.15. The molecule has 0 bridgehead atoms. The lowest BCUT2D eigenvalue weighted by Gasteiger charge is -2.15. The highest BCUT2D eigenvalue weighted by molar-refractivity contribution is 6.21. The van der Waals surface area contributed by atoms with Gasteiger partial charge in [-0.1, -0.05) is 23.8 Å². The second-order valence-corrected chi connectivity index (χ2v) is 7.47. The number of imide groups is 1. The Morgan fingerprint density at radius 2 is 1.71 bits per heavy atom. The molecule has 31 heavy (non-hydrogen) atoms. The maximum Gasteiger partial charge on any atom is 0.355 e. The fourth-order valence-corrected chi connectivity index (χ4v) is 4.15. The van der Waals surface area contributed by atoms with Crippen LogP contribution >= 0.6 is 0 Å². The lowest BCUT2D eigenvalue weighted by atomic mass is 10.0. The molecule has 7 heteroatoms. The van der Waals surface area contributed by atoms with Crippen molar-refractivity contribution in [2.75, 3.05) is 20.3 Å². The van der Waals surface area contributed by atoms with E-state index in [1.807, 2.05) is 25.1 Å². The number of aromatic nitrogens is 1. The van der Waals surface area contributed by atoms with E-state index >= 15 is 0 Å². The second-order valence-electron chi connectivity index (χ2n) is 7.47. The Morgan fingerprint density at radius 1 is 1.03 bits per heavy atom. The van der Waals surface area contributed by atoms with E-state index in [-0.39, 0.29) is 31.7 Å². The van der Waals surface area contributed by atoms with Crippen molar-refractivity contribution in [2.45, 2.75) is 27.0 Å². The molecule has 0 radical (unpaired) electrons. The van der Waals surface area contributed by atoms with Gasteiger partial charge >= 0.3 is 5.97 Å². The van der Waals surface area contributed by atoms with E-state index < -0.39 is 5.97 Å². The molecule has 2 amide bonds. The molecule has 4 rings (SSSR count). The predicted molar refractivity (Wildman–Crippen MR) is 115 cm³/mol. The molecule has 0 saturated carbocycles. The van der Waals surface area contributed by atoms with Crippen LogP contribution in [0.4, 0.5) is 0 Å². The minimum atomic E-state index is -0.453. The first-order valence-corrected chi connectivity index (χ1v) is 10.2. The number of carbonyl (C=O) groups is 3. The smallest absolute Gasteiger partial charge is 0.355 e. The molecule has 0 fully saturated rings. The summed E-state index contributed by atoms with van der Waals surface area (Å²) in [5.74, 6) is -1.07. The molecule has 1 aliphatic rings. The normalized spacial score (nSPS) is 13.2. The Morgan fingerprint density at radius 3 is 2.32 bits per heavy atom. The fraction of sp³-hybridized carbons (Fsp3) is 0.292. The van der Waals surface area contributed by atoms with Crippen LogP contribution in [-0.4, -0.2) is 47.5 Å². The Labute approximate surface area is 180 Å². The Kier molecular flexibility index (Phi) is 5.61. The first kappa shape index (κ1) is 20.8. The Hall–Kier alpha value is -3.45. The summed E-state index contributed by atoms with van der Waals surface area (Å²) >= 11 is 0. The summed E-state index contributed by atoms with van der Waals surface area (Å²) in [5.41, 5.74) is 3.84. The number of aryl methyl sites for hydroxylation is 1. The average molecular weight is 420 g/mol. The number of ether oxygens (including phenoxy) is 2. The molecule has 1 aliphatic heterocycles. The number of hydrogen-bond donors (Lipinski definition) is 0. The van der Waals surface area contributed by atoms with Crippen molar-refractivity contribution in [1.82, 2.24) is 9.47 Å². The number of methoxy groups -OCH3 is 1. The summed E-state index contributed by atoms with van der Waals surface area (Å²) in [6.07, 6.45) is 0.330. The van der Waals surface area contributed by atoms with Gasteiger partial charge in [0.1, 0.15) is 12.4 Å². The highest BCUT2D eigenvalue weighted by Gasteiger charge is 2.35. The summed E-state index contributed by atoms with van der Waals surface area (Å²) in [7, 11) is 1.56. The van der Waals surface area contributed by atoms with E-state index in [0.717, 1.165) is 22.0 Å². The minimum Gasteiger partial charge on any atom is -0.461 e. The summed E-state index contributed by atoms with van der Waals surface area (Å²) in [5, 5.41) is 0.886. The van der Waals surface area contributed by atoms with Crippen molar-refractivity contribution in [3.63, 3.8) is 0 Å². The third-order valence-electron chi connectivity index (χ3n) is 5.51. The van der Waals surface area contributed by atoms with Crippen LogP contribution < -0.4 is 0 Å². The summed E-state index contributed by atoms with van der Waals surface area (Å²) < 4.78 is 12.4. The lowest BCUT2D eigenvalue weighted by molar-refractivity contribution is 0.0494. The summed E-state index contributed by atoms with van der Waals surface area (Å²) in [6.45, 7) is 4.32. The predicted octanol–water partition coefficient (Wildman–Crippen LogP) is 3.57. The van der Waals surface area contributed by atoms with Crippen LogP contribution in [0.5, 0.6) is 0 Å². The maximum absolute atomic E-state index is 12.9. The molecule has 2 aromatic carbocycles. The Balaban J connectivity index is 1.75. The molecular weight excluding hydrogens is 396 g/mol. The topological polar surface area (TPSA) is 77.8 Å². The maximum atomic E-state index is 12.9. The third kappa shape index (κ3) is 3.51. The van der Waals surface area contributed by atoms with E-state index in [1.54, 1.807) is 42.9 Å². The first-order valence-electron chi connectivity index (χ1n) is 10.2. The molecule has 0 N–H and O–H groups in total. The lowest BCUT2D eigenvalue weighted by Crippen LogP contribution is -2.32. The highest BCUT2D eigenvalue weighted by atomic mass is 16.5. The molecule has 1 aromatic heterocycles. The number of fused-ring (bicyclic) bond motifs is 2. The van der Waals surface area contributed by atoms with Gasteiger partial charge in [0, 0.05) is 19.0 Å². The SMILES string of the molecule is CCOC(=O)c1c(CCN2C(=O)c3ccccc3C2=O)c2cc(C)ccc2n1COC. The van der Waals surface area contributed by atoms with E-state index in [4.69, 9.17) is 9.47 Å². The van der Waals surface area contributed by atoms with Gasteiger partial charge in [0.05, 0.1) is 23.3 Å². The van der Waals surface area contributed by atoms with Crippen LogP contribution in [0.2, 0.25) is 0 Å². The number of hydrogen-bond acceptors (Lipinski definition) is 5. The first-order chi connectivity index (χ1) is 15.0. The number of amides is 2. The van der Waals surface area contributed by atoms with Gasteiger partial charge in [-0.05, 0) is 50.1 Å². The molecule has 0 saturated heterocycles. The van der Waals surface area contributed by atoms with Crippen molar-refractivity contribution in [3.8, 4) is 0 Å². The van der Waals surface area contributed by atoms with E-state index in [9.17, 15) is 14.4 Å². The standard InChI is InChI=1S/C24H24N2O5/c1-4-31-24(29)21-16(19-13-15(2)9-10-20(19)26(21)14-30-3)11-12-25-22(27)17-7-5-6-8-18(17)23(25)28/h5-10,13H,4,11-12,14H2,1-3H3. The third-order valence-corrected chi connectivity index (χ3v) is 5.51. The van der Waals surface area contributed by atoms with Gasteiger partial charge in [-0.15, -0.1) is 0 Å². The van der Waals surface area contributed by atoms with Crippen molar-refractivity contribution in [2.24, 2.45) is 0 Å². The van der Waals surface area contributed by atoms with Gasteiger partial charge in [0.25, 0.3) is 11.8 Å². The molecule has 2 heterocycles. The molecule has 160 valence electrons. The van der Waals surface area contributed by atoms with E-state index in [1.165, 1.54) is 4.90 Å². The number of esters is 1. The van der Waals surface area contributed by atoms with Crippen molar-refractivity contribution < 1.29 is 23.9 Å². The number of benzene rings is 2. The van der Waals surface area contributed by atoms with Gasteiger partial charge in [0.2, 0.25) is 0 Å². The number of carbonyl (C=O) groups excluding carboxylic acids is 3. The van der Waals surface area contributed by atoms with Crippen molar-refractivity contribution in [3.05, 3.63) is 70.4 Å². The van der Waals surface area contributed by atoms with Gasteiger partial charge < -0.3 is 14.0 Å². The van der Waals surface area contributed by atoms with Crippen LogP contribution in [0.15, 0.2) is 42.5 Å². The van der Waals surface area contributed by atoms with Gasteiger partial charge in [-0.3, -0.25) is 14.5 Å². The van der Waals surface area contributed by atoms with Crippen LogP contribution in [0.1, 0.15) is 49.3 Å². The summed E-state index contributed by atoms with van der Waals surface area (Å²) in [4.78, 5) is 39.6. The minimum absolute atomic E-state index is 0.165. The molecule has 0 unspecified atom stereocenters. The Bertz CT molecular complexity index is 1160. The van der Waals surface area contributed by atoms with Crippen LogP contribution in [0.3, 0.4) is 0 Å². The summed E-state index contributed by atoms with van der Waals surface area (Å²) in [6, 6.07) is 12.7. The average Bonchev–Trinajstić information content (AvgIpc) is 3.19. The number of rotatable bonds is 7. The molecule has 0 spiro atoms. The van der Waals surface area contributed by atoms with E-state index in [2.05, 4.69) is 0 Å². The number of nitrogens with zero attached hydrogens (tertiary/aromatic N) is 2. The zero-order chi connectivity index (χ0) is 22.1. The van der Waals surface area contributed by atoms with Crippen LogP contribution in [0, 0.1) is 6.92 Å². The molecule has 0 atom stereocenters. The van der Waals surface area contributed by atoms with Crippen molar-refractivity contribution in [1.29, 1.82) is 0 Å². The zero-order valence-corrected chi connectivity index (χ0v) is 17.8. The van der Waals surface area contributed by atoms with Gasteiger partial charge in [-0.2, -0.15) is 0 Å². The van der Waals surface area contributed by atoms with Crippen LogP contribution in [-0.2, 0) is 22.6 Å². The monoisotopic (exact) mass is 420 g/mol. The zero-order valence-electron chi connectivity index (χ0n) is 17.8. The highest BCUT2D eigenvalue weighted by Crippen LogP contribution is 2.30. The van der Waals surface area contributed by atoms with Crippen LogP contribution in [0.25, 0.3) is 10.9 Å². The largest absolute Gasteiger partial charge is 0.461 e. The molecule has 0 aliphatic carbocycles. The quantitative estimate of drug-likeness (QED) is 0.431. The second kappa shape index (κ2) is 8.35. The molecule has 7 nitrogen and oxygen atoms in total. The molecule has 3 aromatic rings. The van der Waals surface area contributed by atoms with Gasteiger partial charge in [-0.25, -0.2) is 4.79 Å². The van der Waals surface area contributed by atoms with Crippen molar-refractivity contribution >= 4 is 28.7 Å². The molecular formula is C24H24N2O5.